The summed E-state index contributed by atoms with van der Waals surface area (Å²) in [6, 6.07) is 8.38. The number of aryl methyl sites for hydroxylation is 1. The van der Waals surface area contributed by atoms with Crippen LogP contribution in [0, 0.1) is 22.2 Å². The van der Waals surface area contributed by atoms with E-state index in [4.69, 9.17) is 4.84 Å². The fourth-order valence-corrected chi connectivity index (χ4v) is 3.39. The van der Waals surface area contributed by atoms with Crippen molar-refractivity contribution in [2.75, 3.05) is 5.32 Å². The summed E-state index contributed by atoms with van der Waals surface area (Å²) in [6.45, 7) is 1.93. The van der Waals surface area contributed by atoms with Crippen molar-refractivity contribution in [3.05, 3.63) is 55.3 Å². The van der Waals surface area contributed by atoms with Crippen molar-refractivity contribution in [1.82, 2.24) is 5.48 Å². The second-order valence-corrected chi connectivity index (χ2v) is 8.27. The van der Waals surface area contributed by atoms with Gasteiger partial charge in [0, 0.05) is 15.2 Å². The lowest BCUT2D eigenvalue weighted by Gasteiger charge is -2.16. The van der Waals surface area contributed by atoms with E-state index in [1.54, 1.807) is 0 Å². The molecule has 0 radical (unpaired) electrons. The molecule has 1 amide bonds. The van der Waals surface area contributed by atoms with Gasteiger partial charge in [0.2, 0.25) is 0 Å². The quantitative estimate of drug-likeness (QED) is 0.287. The van der Waals surface area contributed by atoms with Crippen LogP contribution in [0.5, 0.6) is 0 Å². The SMILES string of the molecule is Cc1cc(I)ccc1Nc1cc(F)c(Br)cc1C(=O)NOC(O)C1CC1. The van der Waals surface area contributed by atoms with Crippen LogP contribution in [-0.4, -0.2) is 17.3 Å². The molecule has 2 aromatic rings. The first-order chi connectivity index (χ1) is 12.3. The molecule has 5 nitrogen and oxygen atoms in total. The van der Waals surface area contributed by atoms with Crippen LogP contribution in [0.25, 0.3) is 0 Å². The van der Waals surface area contributed by atoms with E-state index in [1.165, 1.54) is 12.1 Å². The molecular formula is C18H17BrFIN2O3. The minimum absolute atomic E-state index is 0.0577. The average Bonchev–Trinajstić information content (AvgIpc) is 3.43. The molecule has 0 bridgehead atoms. The zero-order valence-electron chi connectivity index (χ0n) is 13.9. The van der Waals surface area contributed by atoms with E-state index in [9.17, 15) is 14.3 Å². The van der Waals surface area contributed by atoms with E-state index in [-0.39, 0.29) is 16.0 Å². The summed E-state index contributed by atoms with van der Waals surface area (Å²) >= 11 is 5.31. The third-order valence-corrected chi connectivity index (χ3v) is 5.34. The molecule has 0 aromatic heterocycles. The van der Waals surface area contributed by atoms with Crippen molar-refractivity contribution in [3.8, 4) is 0 Å². The first-order valence-corrected chi connectivity index (χ1v) is 9.88. The first kappa shape index (κ1) is 19.5. The van der Waals surface area contributed by atoms with Crippen LogP contribution in [0.1, 0.15) is 28.8 Å². The number of hydroxylamine groups is 1. The number of nitrogens with one attached hydrogen (secondary N) is 2. The van der Waals surface area contributed by atoms with Crippen molar-refractivity contribution < 1.29 is 19.1 Å². The number of aliphatic hydroxyl groups excluding tert-OH is 1. The third kappa shape index (κ3) is 4.73. The Morgan fingerprint density at radius 1 is 1.35 bits per heavy atom. The Bertz CT molecular complexity index is 845. The molecule has 1 aliphatic rings. The number of hydrogen-bond acceptors (Lipinski definition) is 4. The van der Waals surface area contributed by atoms with E-state index in [1.807, 2.05) is 25.1 Å². The predicted octanol–water partition coefficient (Wildman–Crippen LogP) is 4.63. The molecule has 138 valence electrons. The van der Waals surface area contributed by atoms with Gasteiger partial charge in [0.25, 0.3) is 5.91 Å². The molecule has 1 atom stereocenters. The fourth-order valence-electron chi connectivity index (χ4n) is 2.40. The van der Waals surface area contributed by atoms with Crippen LogP contribution in [0.4, 0.5) is 15.8 Å². The number of hydrogen-bond donors (Lipinski definition) is 3. The second-order valence-electron chi connectivity index (χ2n) is 6.17. The van der Waals surface area contributed by atoms with E-state index < -0.39 is 18.0 Å². The zero-order valence-corrected chi connectivity index (χ0v) is 17.6. The maximum Gasteiger partial charge on any atom is 0.277 e. The summed E-state index contributed by atoms with van der Waals surface area (Å²) < 4.78 is 15.3. The predicted molar refractivity (Wildman–Crippen MR) is 109 cm³/mol. The van der Waals surface area contributed by atoms with Crippen molar-refractivity contribution in [3.63, 3.8) is 0 Å². The lowest BCUT2D eigenvalue weighted by Crippen LogP contribution is -2.31. The van der Waals surface area contributed by atoms with Gasteiger partial charge >= 0.3 is 0 Å². The molecule has 0 spiro atoms. The van der Waals surface area contributed by atoms with Crippen molar-refractivity contribution in [2.24, 2.45) is 5.92 Å². The molecule has 2 aromatic carbocycles. The van der Waals surface area contributed by atoms with Crippen LogP contribution in [0.2, 0.25) is 0 Å². The highest BCUT2D eigenvalue weighted by molar-refractivity contribution is 14.1. The Kier molecular flexibility index (Phi) is 6.16. The fraction of sp³-hybridized carbons (Fsp3) is 0.278. The Balaban J connectivity index is 1.83. The molecule has 1 fully saturated rings. The minimum Gasteiger partial charge on any atom is -0.366 e. The number of benzene rings is 2. The molecule has 0 aliphatic heterocycles. The van der Waals surface area contributed by atoms with E-state index >= 15 is 0 Å². The Morgan fingerprint density at radius 2 is 2.08 bits per heavy atom. The maximum atomic E-state index is 14.0. The van der Waals surface area contributed by atoms with Crippen molar-refractivity contribution in [1.29, 1.82) is 0 Å². The highest BCUT2D eigenvalue weighted by Crippen LogP contribution is 2.33. The topological polar surface area (TPSA) is 70.6 Å². The lowest BCUT2D eigenvalue weighted by atomic mass is 10.1. The highest BCUT2D eigenvalue weighted by atomic mass is 127. The third-order valence-electron chi connectivity index (χ3n) is 4.06. The van der Waals surface area contributed by atoms with Gasteiger partial charge in [0.05, 0.1) is 15.7 Å². The minimum atomic E-state index is -1.03. The van der Waals surface area contributed by atoms with Crippen LogP contribution in [0.15, 0.2) is 34.8 Å². The van der Waals surface area contributed by atoms with Gasteiger partial charge in [-0.15, -0.1) is 0 Å². The number of anilines is 2. The number of halogens is 3. The highest BCUT2D eigenvalue weighted by Gasteiger charge is 2.31. The van der Waals surface area contributed by atoms with Gasteiger partial charge in [-0.25, -0.2) is 14.7 Å². The Hall–Kier alpha value is -1.23. The van der Waals surface area contributed by atoms with Crippen molar-refractivity contribution >= 4 is 55.8 Å². The summed E-state index contributed by atoms with van der Waals surface area (Å²) in [5.41, 5.74) is 4.47. The number of carbonyl (C=O) groups excluding carboxylic acids is 1. The summed E-state index contributed by atoms with van der Waals surface area (Å²) in [5.74, 6) is -1.01. The van der Waals surface area contributed by atoms with Gasteiger partial charge in [0.1, 0.15) is 5.82 Å². The number of carbonyl (C=O) groups is 1. The summed E-state index contributed by atoms with van der Waals surface area (Å²) in [4.78, 5) is 17.5. The van der Waals surface area contributed by atoms with Crippen molar-refractivity contribution in [2.45, 2.75) is 26.1 Å². The van der Waals surface area contributed by atoms with Gasteiger partial charge in [-0.05, 0) is 94.2 Å². The largest absolute Gasteiger partial charge is 0.366 e. The standard InChI is InChI=1S/C18H17BrFIN2O3/c1-9-6-11(21)4-5-15(9)22-16-8-14(20)13(19)7-12(16)17(24)23-26-18(25)10-2-3-10/h4-8,10,18,22,25H,2-3H2,1H3,(H,23,24). The summed E-state index contributed by atoms with van der Waals surface area (Å²) in [6.07, 6.45) is 0.716. The van der Waals surface area contributed by atoms with E-state index in [0.717, 1.165) is 27.7 Å². The number of rotatable bonds is 6. The van der Waals surface area contributed by atoms with E-state index in [2.05, 4.69) is 49.3 Å². The van der Waals surface area contributed by atoms with Gasteiger partial charge in [0.15, 0.2) is 6.29 Å². The molecule has 1 aliphatic carbocycles. The molecular weight excluding hydrogens is 518 g/mol. The van der Waals surface area contributed by atoms with E-state index in [0.29, 0.717) is 5.69 Å². The second kappa shape index (κ2) is 8.20. The summed E-state index contributed by atoms with van der Waals surface area (Å²) in [7, 11) is 0. The van der Waals surface area contributed by atoms with Crippen LogP contribution in [0.3, 0.4) is 0 Å². The number of amides is 1. The van der Waals surface area contributed by atoms with Gasteiger partial charge in [-0.1, -0.05) is 0 Å². The van der Waals surface area contributed by atoms with Gasteiger partial charge in [-0.2, -0.15) is 0 Å². The Labute approximate surface area is 172 Å². The lowest BCUT2D eigenvalue weighted by molar-refractivity contribution is -0.145. The monoisotopic (exact) mass is 534 g/mol. The smallest absolute Gasteiger partial charge is 0.277 e. The summed E-state index contributed by atoms with van der Waals surface area (Å²) in [5, 5.41) is 12.8. The zero-order chi connectivity index (χ0) is 18.8. The maximum absolute atomic E-state index is 14.0. The first-order valence-electron chi connectivity index (χ1n) is 8.01. The molecule has 0 saturated heterocycles. The van der Waals surface area contributed by atoms with Crippen LogP contribution in [-0.2, 0) is 4.84 Å². The molecule has 26 heavy (non-hydrogen) atoms. The molecule has 0 heterocycles. The normalized spacial score (nSPS) is 14.8. The van der Waals surface area contributed by atoms with Gasteiger partial charge in [-0.3, -0.25) is 4.79 Å². The van der Waals surface area contributed by atoms with Gasteiger partial charge < -0.3 is 10.4 Å². The van der Waals surface area contributed by atoms with Crippen LogP contribution >= 0.6 is 38.5 Å². The van der Waals surface area contributed by atoms with Crippen LogP contribution < -0.4 is 10.8 Å². The average molecular weight is 535 g/mol. The molecule has 8 heteroatoms. The number of aliphatic hydroxyl groups is 1. The molecule has 3 N–H and O–H groups in total. The molecule has 3 rings (SSSR count). The molecule has 1 unspecified atom stereocenters. The Morgan fingerprint density at radius 3 is 2.73 bits per heavy atom. The molecule has 1 saturated carbocycles.